The van der Waals surface area contributed by atoms with E-state index in [0.717, 1.165) is 25.9 Å². The highest BCUT2D eigenvalue weighted by atomic mass is 16.6. The number of nitrogens with zero attached hydrogens (tertiary/aromatic N) is 1. The molecule has 0 aromatic rings. The average molecular weight is 198 g/mol. The summed E-state index contributed by atoms with van der Waals surface area (Å²) in [5.41, 5.74) is 0. The molecule has 0 aliphatic carbocycles. The van der Waals surface area contributed by atoms with Crippen molar-refractivity contribution in [1.82, 2.24) is 10.2 Å². The van der Waals surface area contributed by atoms with Gasteiger partial charge in [-0.1, -0.05) is 0 Å². The first kappa shape index (κ1) is 9.45. The molecule has 2 aliphatic rings. The van der Waals surface area contributed by atoms with Gasteiger partial charge in [0.1, 0.15) is 0 Å². The molecule has 2 heterocycles. The van der Waals surface area contributed by atoms with Gasteiger partial charge in [0.2, 0.25) is 0 Å². The zero-order valence-electron chi connectivity index (χ0n) is 7.99. The highest BCUT2D eigenvalue weighted by Gasteiger charge is 2.32. The maximum absolute atomic E-state index is 11.2. The molecule has 2 amide bonds. The van der Waals surface area contributed by atoms with Crippen molar-refractivity contribution in [2.24, 2.45) is 5.92 Å². The van der Waals surface area contributed by atoms with Crippen LogP contribution in [0.4, 0.5) is 4.79 Å². The fourth-order valence-electron chi connectivity index (χ4n) is 1.90. The van der Waals surface area contributed by atoms with Gasteiger partial charge in [-0.2, -0.15) is 0 Å². The normalized spacial score (nSPS) is 28.0. The topological polar surface area (TPSA) is 58.6 Å². The van der Waals surface area contributed by atoms with Gasteiger partial charge in [0.15, 0.2) is 6.61 Å². The quantitative estimate of drug-likeness (QED) is 0.676. The summed E-state index contributed by atoms with van der Waals surface area (Å²) in [4.78, 5) is 23.6. The van der Waals surface area contributed by atoms with E-state index in [-0.39, 0.29) is 12.5 Å². The molecule has 0 unspecified atom stereocenters. The molecule has 2 saturated heterocycles. The molecular formula is C9H14N2O3. The standard InChI is InChI=1S/C9H14N2O3/c12-8-6-14-9(13)11(8)5-7-2-1-3-10-4-7/h7,10H,1-6H2/t7-/m1/s1. The molecule has 0 bridgehead atoms. The number of cyclic esters (lactones) is 1. The van der Waals surface area contributed by atoms with E-state index in [2.05, 4.69) is 10.1 Å². The van der Waals surface area contributed by atoms with Crippen molar-refractivity contribution in [1.29, 1.82) is 0 Å². The Morgan fingerprint density at radius 2 is 2.36 bits per heavy atom. The van der Waals surface area contributed by atoms with Crippen LogP contribution in [0.3, 0.4) is 0 Å². The monoisotopic (exact) mass is 198 g/mol. The van der Waals surface area contributed by atoms with Gasteiger partial charge in [0.25, 0.3) is 5.91 Å². The minimum Gasteiger partial charge on any atom is -0.439 e. The number of carbonyl (C=O) groups is 2. The molecule has 1 atom stereocenters. The summed E-state index contributed by atoms with van der Waals surface area (Å²) in [6.07, 6.45) is 1.70. The molecule has 2 aliphatic heterocycles. The predicted octanol–water partition coefficient (Wildman–Crippen LogP) is -0.0352. The molecule has 0 spiro atoms. The van der Waals surface area contributed by atoms with Crippen LogP contribution in [-0.4, -0.2) is 43.1 Å². The average Bonchev–Trinajstić information content (AvgIpc) is 2.51. The van der Waals surface area contributed by atoms with Crippen molar-refractivity contribution < 1.29 is 14.3 Å². The van der Waals surface area contributed by atoms with E-state index >= 15 is 0 Å². The predicted molar refractivity (Wildman–Crippen MR) is 48.7 cm³/mol. The molecule has 78 valence electrons. The Hall–Kier alpha value is -1.10. The zero-order chi connectivity index (χ0) is 9.97. The summed E-state index contributed by atoms with van der Waals surface area (Å²) >= 11 is 0. The number of piperidine rings is 1. The molecule has 0 aromatic heterocycles. The lowest BCUT2D eigenvalue weighted by molar-refractivity contribution is -0.126. The van der Waals surface area contributed by atoms with Crippen molar-refractivity contribution >= 4 is 12.0 Å². The molecule has 14 heavy (non-hydrogen) atoms. The smallest absolute Gasteiger partial charge is 0.417 e. The van der Waals surface area contributed by atoms with Crippen LogP contribution in [0.15, 0.2) is 0 Å². The van der Waals surface area contributed by atoms with Crippen molar-refractivity contribution in [3.63, 3.8) is 0 Å². The van der Waals surface area contributed by atoms with Crippen LogP contribution < -0.4 is 5.32 Å². The van der Waals surface area contributed by atoms with Crippen LogP contribution in [0.1, 0.15) is 12.8 Å². The minimum atomic E-state index is -0.486. The second-order valence-electron chi connectivity index (χ2n) is 3.77. The SMILES string of the molecule is O=C1COC(=O)N1C[C@@H]1CCCNC1. The third kappa shape index (κ3) is 1.87. The first-order valence-electron chi connectivity index (χ1n) is 4.95. The number of nitrogens with one attached hydrogen (secondary N) is 1. The Balaban J connectivity index is 1.89. The van der Waals surface area contributed by atoms with Crippen LogP contribution >= 0.6 is 0 Å². The van der Waals surface area contributed by atoms with Crippen molar-refractivity contribution in [2.45, 2.75) is 12.8 Å². The summed E-state index contributed by atoms with van der Waals surface area (Å²) in [5.74, 6) is 0.180. The first-order chi connectivity index (χ1) is 6.77. The second-order valence-corrected chi connectivity index (χ2v) is 3.77. The molecule has 1 N–H and O–H groups in total. The number of imide groups is 1. The molecule has 5 nitrogen and oxygen atoms in total. The zero-order valence-corrected chi connectivity index (χ0v) is 7.99. The second kappa shape index (κ2) is 3.96. The van der Waals surface area contributed by atoms with Gasteiger partial charge in [0.05, 0.1) is 0 Å². The van der Waals surface area contributed by atoms with E-state index in [1.807, 2.05) is 0 Å². The fourth-order valence-corrected chi connectivity index (χ4v) is 1.90. The number of hydrogen-bond acceptors (Lipinski definition) is 4. The van der Waals surface area contributed by atoms with Crippen LogP contribution in [0.2, 0.25) is 0 Å². The maximum atomic E-state index is 11.2. The Labute approximate surface area is 82.4 Å². The number of rotatable bonds is 2. The molecule has 0 aromatic carbocycles. The molecule has 2 rings (SSSR count). The lowest BCUT2D eigenvalue weighted by Gasteiger charge is -2.25. The molecule has 0 saturated carbocycles. The summed E-state index contributed by atoms with van der Waals surface area (Å²) in [6.45, 7) is 2.34. The highest BCUT2D eigenvalue weighted by Crippen LogP contribution is 2.15. The molecule has 0 radical (unpaired) electrons. The number of ether oxygens (including phenoxy) is 1. The number of amides is 2. The van der Waals surface area contributed by atoms with E-state index < -0.39 is 6.09 Å². The van der Waals surface area contributed by atoms with E-state index in [9.17, 15) is 9.59 Å². The molecule has 5 heteroatoms. The van der Waals surface area contributed by atoms with Crippen LogP contribution in [0.25, 0.3) is 0 Å². The van der Waals surface area contributed by atoms with E-state index in [1.165, 1.54) is 4.90 Å². The lowest BCUT2D eigenvalue weighted by Crippen LogP contribution is -2.40. The summed E-state index contributed by atoms with van der Waals surface area (Å²) in [5, 5.41) is 3.25. The third-order valence-electron chi connectivity index (χ3n) is 2.68. The van der Waals surface area contributed by atoms with Gasteiger partial charge in [0, 0.05) is 6.54 Å². The number of carbonyl (C=O) groups excluding carboxylic acids is 2. The van der Waals surface area contributed by atoms with Crippen molar-refractivity contribution in [3.05, 3.63) is 0 Å². The minimum absolute atomic E-state index is 0.0843. The highest BCUT2D eigenvalue weighted by molar-refractivity contribution is 5.97. The van der Waals surface area contributed by atoms with Gasteiger partial charge in [-0.25, -0.2) is 9.69 Å². The van der Waals surface area contributed by atoms with Gasteiger partial charge < -0.3 is 10.1 Å². The van der Waals surface area contributed by atoms with Gasteiger partial charge >= 0.3 is 6.09 Å². The Morgan fingerprint density at radius 3 is 2.93 bits per heavy atom. The van der Waals surface area contributed by atoms with Crippen LogP contribution in [0.5, 0.6) is 0 Å². The van der Waals surface area contributed by atoms with Gasteiger partial charge in [-0.15, -0.1) is 0 Å². The summed E-state index contributed by atoms with van der Waals surface area (Å²) < 4.78 is 4.64. The van der Waals surface area contributed by atoms with E-state index in [4.69, 9.17) is 0 Å². The van der Waals surface area contributed by atoms with Crippen LogP contribution in [0, 0.1) is 5.92 Å². The van der Waals surface area contributed by atoms with Crippen molar-refractivity contribution in [2.75, 3.05) is 26.2 Å². The molecular weight excluding hydrogens is 184 g/mol. The van der Waals surface area contributed by atoms with E-state index in [1.54, 1.807) is 0 Å². The largest absolute Gasteiger partial charge is 0.439 e. The van der Waals surface area contributed by atoms with E-state index in [0.29, 0.717) is 12.5 Å². The van der Waals surface area contributed by atoms with Gasteiger partial charge in [-0.3, -0.25) is 4.79 Å². The Morgan fingerprint density at radius 1 is 1.50 bits per heavy atom. The summed E-state index contributed by atoms with van der Waals surface area (Å²) in [6, 6.07) is 0. The maximum Gasteiger partial charge on any atom is 0.417 e. The first-order valence-corrected chi connectivity index (χ1v) is 4.95. The Kier molecular flexibility index (Phi) is 2.67. The summed E-state index contributed by atoms with van der Waals surface area (Å²) in [7, 11) is 0. The Bertz CT molecular complexity index is 232. The van der Waals surface area contributed by atoms with Gasteiger partial charge in [-0.05, 0) is 31.8 Å². The lowest BCUT2D eigenvalue weighted by atomic mass is 9.99. The van der Waals surface area contributed by atoms with Crippen molar-refractivity contribution in [3.8, 4) is 0 Å². The number of hydrogen-bond donors (Lipinski definition) is 1. The third-order valence-corrected chi connectivity index (χ3v) is 2.68. The fraction of sp³-hybridized carbons (Fsp3) is 0.778. The van der Waals surface area contributed by atoms with Crippen LogP contribution in [-0.2, 0) is 9.53 Å². The molecule has 2 fully saturated rings.